The molecule has 0 aliphatic rings. The lowest BCUT2D eigenvalue weighted by Gasteiger charge is -2.12. The van der Waals surface area contributed by atoms with Crippen LogP contribution in [0.15, 0.2) is 130 Å². The summed E-state index contributed by atoms with van der Waals surface area (Å²) in [4.78, 5) is 44.8. The third-order valence-electron chi connectivity index (χ3n) is 7.66. The van der Waals surface area contributed by atoms with Crippen LogP contribution in [0.25, 0.3) is 54.0 Å². The minimum Gasteiger partial charge on any atom is -0.325 e. The first-order chi connectivity index (χ1) is 24.5. The number of para-hydroxylation sites is 2. The number of anilines is 2. The Bertz CT molecular complexity index is 2430. The molecule has 2 amide bonds. The van der Waals surface area contributed by atoms with Crippen molar-refractivity contribution in [2.75, 3.05) is 22.1 Å². The van der Waals surface area contributed by atoms with Crippen molar-refractivity contribution in [3.63, 3.8) is 0 Å². The van der Waals surface area contributed by atoms with Crippen molar-refractivity contribution in [1.82, 2.24) is 19.9 Å². The van der Waals surface area contributed by atoms with Gasteiger partial charge in [-0.3, -0.25) is 9.59 Å². The monoisotopic (exact) mass is 726 g/mol. The van der Waals surface area contributed by atoms with E-state index < -0.39 is 0 Å². The first-order valence-electron chi connectivity index (χ1n) is 15.6. The van der Waals surface area contributed by atoms with Crippen LogP contribution in [0.5, 0.6) is 0 Å². The molecular formula is C38H26N6O2S4. The zero-order chi connectivity index (χ0) is 33.9. The number of carbonyl (C=O) groups excluding carboxylic acids is 2. The molecule has 2 N–H and O–H groups in total. The number of nitrogens with one attached hydrogen (secondary N) is 2. The molecule has 8 rings (SSSR count). The van der Waals surface area contributed by atoms with Crippen LogP contribution in [0, 0.1) is 0 Å². The molecule has 0 fully saturated rings. The number of carbonyl (C=O) groups is 2. The van der Waals surface area contributed by atoms with Crippen LogP contribution in [-0.4, -0.2) is 43.3 Å². The predicted molar refractivity (Wildman–Crippen MR) is 208 cm³/mol. The van der Waals surface area contributed by atoms with Crippen molar-refractivity contribution in [1.29, 1.82) is 0 Å². The number of thiazole rings is 2. The van der Waals surface area contributed by atoms with E-state index in [-0.39, 0.29) is 23.3 Å². The maximum atomic E-state index is 12.9. The summed E-state index contributed by atoms with van der Waals surface area (Å²) in [6, 6.07) is 39.1. The number of rotatable bonds is 10. The summed E-state index contributed by atoms with van der Waals surface area (Å²) in [5.74, 6) is 0.852. The molecule has 0 aliphatic heterocycles. The van der Waals surface area contributed by atoms with E-state index in [0.29, 0.717) is 17.2 Å². The molecule has 0 aliphatic carbocycles. The Morgan fingerprint density at radius 2 is 1.10 bits per heavy atom. The lowest BCUT2D eigenvalue weighted by atomic mass is 10.0. The van der Waals surface area contributed by atoms with Crippen LogP contribution in [0.2, 0.25) is 0 Å². The van der Waals surface area contributed by atoms with Crippen LogP contribution in [0.3, 0.4) is 0 Å². The smallest absolute Gasteiger partial charge is 0.234 e. The highest BCUT2D eigenvalue weighted by molar-refractivity contribution is 8.02. The Labute approximate surface area is 303 Å². The Kier molecular flexibility index (Phi) is 9.23. The number of aromatic nitrogens is 4. The SMILES string of the molecule is O=C(CSc1nc2ccccc2s1)Nc1ccc(-c2nc(-c3ccccc3)c3cc(NC(=O)CSc4nc5ccccc5s4)ccc3n2)cc1. The third-order valence-corrected chi connectivity index (χ3v) is 12.0. The molecule has 8 aromatic rings. The van der Waals surface area contributed by atoms with E-state index in [1.54, 1.807) is 22.7 Å². The number of fused-ring (bicyclic) bond motifs is 3. The number of nitrogens with zero attached hydrogens (tertiary/aromatic N) is 4. The van der Waals surface area contributed by atoms with Crippen LogP contribution in [0.4, 0.5) is 11.4 Å². The van der Waals surface area contributed by atoms with Crippen molar-refractivity contribution in [2.45, 2.75) is 8.68 Å². The van der Waals surface area contributed by atoms with Crippen molar-refractivity contribution in [3.05, 3.63) is 121 Å². The van der Waals surface area contributed by atoms with E-state index in [0.717, 1.165) is 56.8 Å². The highest BCUT2D eigenvalue weighted by atomic mass is 32.2. The second kappa shape index (κ2) is 14.4. The largest absolute Gasteiger partial charge is 0.325 e. The van der Waals surface area contributed by atoms with Crippen molar-refractivity contribution < 1.29 is 9.59 Å². The summed E-state index contributed by atoms with van der Waals surface area (Å²) in [6.07, 6.45) is 0. The quantitative estimate of drug-likeness (QED) is 0.134. The molecular weight excluding hydrogens is 701 g/mol. The number of hydrogen-bond donors (Lipinski definition) is 2. The van der Waals surface area contributed by atoms with Gasteiger partial charge in [0.05, 0.1) is 43.1 Å². The molecule has 0 atom stereocenters. The van der Waals surface area contributed by atoms with Gasteiger partial charge in [0.1, 0.15) is 0 Å². The fraction of sp³-hybridized carbons (Fsp3) is 0.0526. The fourth-order valence-electron chi connectivity index (χ4n) is 5.33. The van der Waals surface area contributed by atoms with Gasteiger partial charge >= 0.3 is 0 Å². The summed E-state index contributed by atoms with van der Waals surface area (Å²) in [6.45, 7) is 0. The van der Waals surface area contributed by atoms with Crippen molar-refractivity contribution in [2.24, 2.45) is 0 Å². The summed E-state index contributed by atoms with van der Waals surface area (Å²) in [5, 5.41) is 6.83. The average Bonchev–Trinajstić information content (AvgIpc) is 3.77. The number of thioether (sulfide) groups is 2. The zero-order valence-corrected chi connectivity index (χ0v) is 29.5. The summed E-state index contributed by atoms with van der Waals surface area (Å²) >= 11 is 6.03. The normalized spacial score (nSPS) is 11.3. The van der Waals surface area contributed by atoms with E-state index in [9.17, 15) is 9.59 Å². The average molecular weight is 727 g/mol. The van der Waals surface area contributed by atoms with E-state index in [1.165, 1.54) is 23.5 Å². The van der Waals surface area contributed by atoms with Crippen molar-refractivity contribution in [3.8, 4) is 22.6 Å². The number of hydrogen-bond acceptors (Lipinski definition) is 10. The molecule has 5 aromatic carbocycles. The molecule has 3 aromatic heterocycles. The molecule has 0 bridgehead atoms. The van der Waals surface area contributed by atoms with Crippen LogP contribution in [-0.2, 0) is 9.59 Å². The lowest BCUT2D eigenvalue weighted by Crippen LogP contribution is -2.14. The Balaban J connectivity index is 0.975. The summed E-state index contributed by atoms with van der Waals surface area (Å²) in [5.41, 5.74) is 6.51. The van der Waals surface area contributed by atoms with Gasteiger partial charge in [-0.15, -0.1) is 22.7 Å². The standard InChI is InChI=1S/C38H26N6O2S4/c45-33(21-47-37-42-29-10-4-6-12-31(29)49-37)39-25-16-14-24(15-17-25)36-41-28-19-18-26(20-27(28)35(44-36)23-8-2-1-3-9-23)40-34(46)22-48-38-43-30-11-5-7-13-32(30)50-38/h1-20H,21-22H2,(H,39,45)(H,40,46). The van der Waals surface area contributed by atoms with E-state index >= 15 is 0 Å². The highest BCUT2D eigenvalue weighted by Crippen LogP contribution is 2.33. The van der Waals surface area contributed by atoms with E-state index in [1.807, 2.05) is 121 Å². The lowest BCUT2D eigenvalue weighted by molar-refractivity contribution is -0.114. The molecule has 50 heavy (non-hydrogen) atoms. The molecule has 0 saturated heterocycles. The van der Waals surface area contributed by atoms with E-state index in [4.69, 9.17) is 9.97 Å². The maximum absolute atomic E-state index is 12.9. The Hall–Kier alpha value is -5.14. The van der Waals surface area contributed by atoms with Gasteiger partial charge in [0, 0.05) is 27.9 Å². The third kappa shape index (κ3) is 7.24. The Morgan fingerprint density at radius 1 is 0.540 bits per heavy atom. The maximum Gasteiger partial charge on any atom is 0.234 e. The van der Waals surface area contributed by atoms with Gasteiger partial charge in [0.2, 0.25) is 11.8 Å². The molecule has 244 valence electrons. The molecule has 0 unspecified atom stereocenters. The van der Waals surface area contributed by atoms with Gasteiger partial charge in [-0.2, -0.15) is 0 Å². The predicted octanol–water partition coefficient (Wildman–Crippen LogP) is 9.64. The van der Waals surface area contributed by atoms with Gasteiger partial charge in [0.25, 0.3) is 0 Å². The first-order valence-corrected chi connectivity index (χ1v) is 19.2. The van der Waals surface area contributed by atoms with Crippen LogP contribution < -0.4 is 10.6 Å². The molecule has 0 saturated carbocycles. The first kappa shape index (κ1) is 32.1. The summed E-state index contributed by atoms with van der Waals surface area (Å²) < 4.78 is 3.94. The summed E-state index contributed by atoms with van der Waals surface area (Å²) in [7, 11) is 0. The van der Waals surface area contributed by atoms with Gasteiger partial charge in [0.15, 0.2) is 14.5 Å². The Morgan fingerprint density at radius 3 is 1.72 bits per heavy atom. The number of amides is 2. The van der Waals surface area contributed by atoms with Crippen molar-refractivity contribution >= 4 is 101 Å². The minimum atomic E-state index is -0.116. The zero-order valence-electron chi connectivity index (χ0n) is 26.2. The van der Waals surface area contributed by atoms with Gasteiger partial charge in [-0.25, -0.2) is 19.9 Å². The molecule has 8 nitrogen and oxygen atoms in total. The molecule has 12 heteroatoms. The van der Waals surface area contributed by atoms with Gasteiger partial charge < -0.3 is 10.6 Å². The van der Waals surface area contributed by atoms with Crippen LogP contribution >= 0.6 is 46.2 Å². The molecule has 0 spiro atoms. The van der Waals surface area contributed by atoms with E-state index in [2.05, 4.69) is 20.6 Å². The van der Waals surface area contributed by atoms with Gasteiger partial charge in [-0.1, -0.05) is 78.1 Å². The molecule has 0 radical (unpaired) electrons. The highest BCUT2D eigenvalue weighted by Gasteiger charge is 2.15. The topological polar surface area (TPSA) is 110 Å². The second-order valence-electron chi connectivity index (χ2n) is 11.1. The molecule has 3 heterocycles. The fourth-order valence-corrected chi connectivity index (χ4v) is 9.07. The van der Waals surface area contributed by atoms with Crippen LogP contribution in [0.1, 0.15) is 0 Å². The minimum absolute atomic E-state index is 0.103. The second-order valence-corrected chi connectivity index (χ2v) is 15.6. The van der Waals surface area contributed by atoms with Gasteiger partial charge in [-0.05, 0) is 66.7 Å². The number of benzene rings is 5.